The van der Waals surface area contributed by atoms with E-state index in [1.54, 1.807) is 0 Å². The average molecular weight is 342 g/mol. The lowest BCUT2D eigenvalue weighted by Gasteiger charge is -2.36. The maximum atomic E-state index is 12.5. The van der Waals surface area contributed by atoms with Crippen LogP contribution in [0.25, 0.3) is 0 Å². The van der Waals surface area contributed by atoms with Crippen molar-refractivity contribution < 1.29 is 27.9 Å². The van der Waals surface area contributed by atoms with Crippen LogP contribution in [-0.2, 0) is 15.8 Å². The molecule has 24 heavy (non-hydrogen) atoms. The van der Waals surface area contributed by atoms with Gasteiger partial charge in [0.1, 0.15) is 0 Å². The van der Waals surface area contributed by atoms with E-state index in [-0.39, 0.29) is 17.8 Å². The van der Waals surface area contributed by atoms with Crippen molar-refractivity contribution in [1.82, 2.24) is 4.90 Å². The summed E-state index contributed by atoms with van der Waals surface area (Å²) in [5, 5.41) is 12.1. The third kappa shape index (κ3) is 3.24. The molecule has 1 aromatic carbocycles. The number of piperidine rings is 1. The van der Waals surface area contributed by atoms with E-state index in [4.69, 9.17) is 0 Å². The fraction of sp³-hybridized carbons (Fsp3) is 0.500. The Morgan fingerprint density at radius 3 is 2.12 bits per heavy atom. The predicted molar refractivity (Wildman–Crippen MR) is 79.0 cm³/mol. The summed E-state index contributed by atoms with van der Waals surface area (Å²) in [6.07, 6.45) is -2.50. The van der Waals surface area contributed by atoms with Crippen LogP contribution in [0.4, 0.5) is 18.9 Å². The van der Waals surface area contributed by atoms with Crippen LogP contribution in [0.1, 0.15) is 31.2 Å². The number of halogens is 3. The molecule has 2 atom stereocenters. The van der Waals surface area contributed by atoms with Crippen molar-refractivity contribution in [1.29, 1.82) is 0 Å². The first-order valence-electron chi connectivity index (χ1n) is 7.74. The summed E-state index contributed by atoms with van der Waals surface area (Å²) in [5.74, 6) is -1.57. The first kappa shape index (κ1) is 16.8. The average Bonchev–Trinajstić information content (AvgIpc) is 2.77. The summed E-state index contributed by atoms with van der Waals surface area (Å²) in [4.78, 5) is 26.0. The van der Waals surface area contributed by atoms with E-state index in [9.17, 15) is 27.9 Å². The number of fused-ring (bicyclic) bond motifs is 2. The molecular weight excluding hydrogens is 325 g/mol. The Labute approximate surface area is 136 Å². The number of hydrogen-bond donors (Lipinski definition) is 2. The summed E-state index contributed by atoms with van der Waals surface area (Å²) in [6, 6.07) is 3.63. The van der Waals surface area contributed by atoms with E-state index in [1.807, 2.05) is 0 Å². The fourth-order valence-corrected chi connectivity index (χ4v) is 3.52. The standard InChI is InChI=1S/C16H17F3N2O3/c17-16(18,19)9-1-3-10(4-2-9)20-14(23)15(24)21-11-5-6-12(21)8-13(22)7-11/h1-4,11-13,22H,5-8H2,(H,20,23)/t11-,12-/m0/s1. The molecule has 0 spiro atoms. The van der Waals surface area contributed by atoms with Crippen molar-refractivity contribution in [2.45, 2.75) is 50.0 Å². The van der Waals surface area contributed by atoms with Crippen molar-refractivity contribution >= 4 is 17.5 Å². The Hall–Kier alpha value is -2.09. The molecule has 2 saturated heterocycles. The minimum absolute atomic E-state index is 0.130. The molecule has 2 fully saturated rings. The highest BCUT2D eigenvalue weighted by Gasteiger charge is 2.44. The summed E-state index contributed by atoms with van der Waals surface area (Å²) in [5.41, 5.74) is -0.694. The molecule has 3 rings (SSSR count). The second kappa shape index (κ2) is 6.08. The summed E-state index contributed by atoms with van der Waals surface area (Å²) < 4.78 is 37.5. The third-order valence-electron chi connectivity index (χ3n) is 4.61. The largest absolute Gasteiger partial charge is 0.416 e. The SMILES string of the molecule is O=C(Nc1ccc(C(F)(F)F)cc1)C(=O)N1[C@H]2CC[C@H]1CC(O)C2. The molecule has 2 heterocycles. The van der Waals surface area contributed by atoms with Gasteiger partial charge in [-0.25, -0.2) is 0 Å². The number of aliphatic hydroxyl groups excluding tert-OH is 1. The summed E-state index contributed by atoms with van der Waals surface area (Å²) in [6.45, 7) is 0. The van der Waals surface area contributed by atoms with Gasteiger partial charge in [0.05, 0.1) is 11.7 Å². The van der Waals surface area contributed by atoms with E-state index in [1.165, 1.54) is 4.90 Å². The van der Waals surface area contributed by atoms with Gasteiger partial charge in [-0.1, -0.05) is 0 Å². The molecule has 2 N–H and O–H groups in total. The van der Waals surface area contributed by atoms with Gasteiger partial charge in [-0.3, -0.25) is 9.59 Å². The van der Waals surface area contributed by atoms with Gasteiger partial charge in [-0.15, -0.1) is 0 Å². The summed E-state index contributed by atoms with van der Waals surface area (Å²) >= 11 is 0. The van der Waals surface area contributed by atoms with E-state index in [2.05, 4.69) is 5.32 Å². The number of carbonyl (C=O) groups excluding carboxylic acids is 2. The lowest BCUT2D eigenvalue weighted by atomic mass is 10.00. The zero-order valence-corrected chi connectivity index (χ0v) is 12.7. The predicted octanol–water partition coefficient (Wildman–Crippen LogP) is 2.16. The monoisotopic (exact) mass is 342 g/mol. The maximum Gasteiger partial charge on any atom is 0.416 e. The Morgan fingerprint density at radius 2 is 1.62 bits per heavy atom. The van der Waals surface area contributed by atoms with Gasteiger partial charge in [0, 0.05) is 17.8 Å². The molecule has 0 aromatic heterocycles. The molecule has 0 saturated carbocycles. The van der Waals surface area contributed by atoms with Crippen LogP contribution in [0.15, 0.2) is 24.3 Å². The van der Waals surface area contributed by atoms with Gasteiger partial charge in [0.15, 0.2) is 0 Å². The highest BCUT2D eigenvalue weighted by molar-refractivity contribution is 6.39. The number of nitrogens with one attached hydrogen (secondary N) is 1. The van der Waals surface area contributed by atoms with Gasteiger partial charge in [0.2, 0.25) is 0 Å². The molecule has 0 radical (unpaired) electrons. The highest BCUT2D eigenvalue weighted by atomic mass is 19.4. The molecule has 1 aromatic rings. The van der Waals surface area contributed by atoms with Crippen LogP contribution in [0, 0.1) is 0 Å². The highest BCUT2D eigenvalue weighted by Crippen LogP contribution is 2.36. The van der Waals surface area contributed by atoms with Gasteiger partial charge < -0.3 is 15.3 Å². The quantitative estimate of drug-likeness (QED) is 0.769. The zero-order valence-electron chi connectivity index (χ0n) is 12.7. The minimum atomic E-state index is -4.45. The fourth-order valence-electron chi connectivity index (χ4n) is 3.52. The number of carbonyl (C=O) groups is 2. The van der Waals surface area contributed by atoms with E-state index in [0.717, 1.165) is 37.1 Å². The molecular formula is C16H17F3N2O3. The van der Waals surface area contributed by atoms with Crippen molar-refractivity contribution in [3.8, 4) is 0 Å². The molecule has 8 heteroatoms. The molecule has 2 aliphatic rings. The zero-order chi connectivity index (χ0) is 17.5. The topological polar surface area (TPSA) is 69.6 Å². The van der Waals surface area contributed by atoms with E-state index < -0.39 is 29.7 Å². The number of rotatable bonds is 1. The number of anilines is 1. The number of hydrogen-bond acceptors (Lipinski definition) is 3. The molecule has 2 bridgehead atoms. The van der Waals surface area contributed by atoms with Crippen LogP contribution in [0.5, 0.6) is 0 Å². The second-order valence-corrected chi connectivity index (χ2v) is 6.25. The second-order valence-electron chi connectivity index (χ2n) is 6.25. The van der Waals surface area contributed by atoms with Gasteiger partial charge >= 0.3 is 18.0 Å². The van der Waals surface area contributed by atoms with Crippen LogP contribution in [-0.4, -0.2) is 40.0 Å². The number of nitrogens with zero attached hydrogens (tertiary/aromatic N) is 1. The van der Waals surface area contributed by atoms with Gasteiger partial charge in [0.25, 0.3) is 0 Å². The van der Waals surface area contributed by atoms with Crippen LogP contribution >= 0.6 is 0 Å². The lowest BCUT2D eigenvalue weighted by Crippen LogP contribution is -2.51. The number of benzene rings is 1. The van der Waals surface area contributed by atoms with Crippen molar-refractivity contribution in [3.63, 3.8) is 0 Å². The molecule has 5 nitrogen and oxygen atoms in total. The Kier molecular flexibility index (Phi) is 4.25. The molecule has 130 valence electrons. The molecule has 0 aliphatic carbocycles. The molecule has 0 unspecified atom stereocenters. The third-order valence-corrected chi connectivity index (χ3v) is 4.61. The Morgan fingerprint density at radius 1 is 1.08 bits per heavy atom. The van der Waals surface area contributed by atoms with Gasteiger partial charge in [-0.05, 0) is 49.9 Å². The number of amides is 2. The number of aliphatic hydroxyl groups is 1. The van der Waals surface area contributed by atoms with Crippen LogP contribution in [0.3, 0.4) is 0 Å². The maximum absolute atomic E-state index is 12.5. The van der Waals surface area contributed by atoms with Crippen molar-refractivity contribution in [3.05, 3.63) is 29.8 Å². The Balaban J connectivity index is 1.66. The van der Waals surface area contributed by atoms with Crippen LogP contribution in [0.2, 0.25) is 0 Å². The van der Waals surface area contributed by atoms with Crippen molar-refractivity contribution in [2.75, 3.05) is 5.32 Å². The van der Waals surface area contributed by atoms with Crippen LogP contribution < -0.4 is 5.32 Å². The number of alkyl halides is 3. The van der Waals surface area contributed by atoms with Crippen molar-refractivity contribution in [2.24, 2.45) is 0 Å². The van der Waals surface area contributed by atoms with E-state index >= 15 is 0 Å². The minimum Gasteiger partial charge on any atom is -0.393 e. The first-order valence-corrected chi connectivity index (χ1v) is 7.74. The molecule has 2 amide bonds. The normalized spacial score (nSPS) is 26.3. The summed E-state index contributed by atoms with van der Waals surface area (Å²) in [7, 11) is 0. The van der Waals surface area contributed by atoms with E-state index in [0.29, 0.717) is 12.8 Å². The first-order chi connectivity index (χ1) is 11.3. The molecule has 2 aliphatic heterocycles. The Bertz CT molecular complexity index is 631. The van der Waals surface area contributed by atoms with Gasteiger partial charge in [-0.2, -0.15) is 13.2 Å². The lowest BCUT2D eigenvalue weighted by molar-refractivity contribution is -0.147. The smallest absolute Gasteiger partial charge is 0.393 e.